The Morgan fingerprint density at radius 2 is 1.82 bits per heavy atom. The molecule has 0 fully saturated rings. The van der Waals surface area contributed by atoms with Gasteiger partial charge in [0.25, 0.3) is 11.8 Å². The zero-order valence-electron chi connectivity index (χ0n) is 22.7. The first-order valence-corrected chi connectivity index (χ1v) is 16.5. The first kappa shape index (κ1) is 27.9. The summed E-state index contributed by atoms with van der Waals surface area (Å²) in [6, 6.07) is 14.7. The maximum absolute atomic E-state index is 13.5. The second kappa shape index (κ2) is 11.7. The van der Waals surface area contributed by atoms with E-state index in [0.29, 0.717) is 17.9 Å². The molecule has 2 amide bonds. The number of aromatic nitrogens is 4. The van der Waals surface area contributed by atoms with Crippen LogP contribution in [0, 0.1) is 0 Å². The van der Waals surface area contributed by atoms with Gasteiger partial charge in [0.15, 0.2) is 0 Å². The van der Waals surface area contributed by atoms with E-state index in [0.717, 1.165) is 22.5 Å². The van der Waals surface area contributed by atoms with Crippen LogP contribution < -0.4 is 11.1 Å². The lowest BCUT2D eigenvalue weighted by molar-refractivity contribution is -0.137. The molecule has 0 radical (unpaired) electrons. The third-order valence-corrected chi connectivity index (χ3v) is 8.05. The quantitative estimate of drug-likeness (QED) is 0.159. The molecule has 11 heteroatoms. The van der Waals surface area contributed by atoms with Crippen molar-refractivity contribution in [1.82, 2.24) is 24.9 Å². The standard InChI is InChI=1S/C28H34N6O4Si/c1-33-17-22(28(37)31-23(26(35)27(29)36)15-19-9-6-5-7-10-19)24(32-33)21-12-8-11-20-16-30-34(25(20)21)18-38-13-14-39(2,3)4/h5-12,16-17,23H,13-15,18H2,1-4H3,(H2,29,36)(H,31,37). The summed E-state index contributed by atoms with van der Waals surface area (Å²) in [7, 11) is 0.483. The van der Waals surface area contributed by atoms with Gasteiger partial charge in [0, 0.05) is 45.3 Å². The number of para-hydroxylation sites is 1. The first-order valence-electron chi connectivity index (χ1n) is 12.8. The van der Waals surface area contributed by atoms with Crippen LogP contribution in [0.3, 0.4) is 0 Å². The molecule has 0 aliphatic carbocycles. The highest BCUT2D eigenvalue weighted by atomic mass is 28.3. The Kier molecular flexibility index (Phi) is 8.41. The number of nitrogens with zero attached hydrogens (tertiary/aromatic N) is 4. The topological polar surface area (TPSA) is 134 Å². The van der Waals surface area contributed by atoms with Crippen molar-refractivity contribution >= 4 is 36.6 Å². The molecule has 1 atom stereocenters. The van der Waals surface area contributed by atoms with Crippen LogP contribution in [0.1, 0.15) is 15.9 Å². The summed E-state index contributed by atoms with van der Waals surface area (Å²) in [5.41, 5.74) is 8.25. The molecule has 2 heterocycles. The van der Waals surface area contributed by atoms with Crippen molar-refractivity contribution in [1.29, 1.82) is 0 Å². The Labute approximate surface area is 228 Å². The number of ketones is 1. The van der Waals surface area contributed by atoms with E-state index in [9.17, 15) is 14.4 Å². The molecular weight excluding hydrogens is 512 g/mol. The molecular formula is C28H34N6O4Si. The Hall–Kier alpha value is -4.09. The number of rotatable bonds is 12. The van der Waals surface area contributed by atoms with Gasteiger partial charge >= 0.3 is 0 Å². The van der Waals surface area contributed by atoms with Gasteiger partial charge < -0.3 is 15.8 Å². The van der Waals surface area contributed by atoms with Crippen molar-refractivity contribution in [2.45, 2.75) is 44.9 Å². The van der Waals surface area contributed by atoms with E-state index < -0.39 is 31.7 Å². The monoisotopic (exact) mass is 546 g/mol. The third-order valence-electron chi connectivity index (χ3n) is 6.35. The van der Waals surface area contributed by atoms with Gasteiger partial charge in [0.1, 0.15) is 18.5 Å². The van der Waals surface area contributed by atoms with Crippen LogP contribution in [0.25, 0.3) is 22.2 Å². The third kappa shape index (κ3) is 6.87. The van der Waals surface area contributed by atoms with Crippen molar-refractivity contribution < 1.29 is 19.1 Å². The summed E-state index contributed by atoms with van der Waals surface area (Å²) in [4.78, 5) is 37.9. The van der Waals surface area contributed by atoms with Crippen molar-refractivity contribution in [3.05, 3.63) is 72.1 Å². The van der Waals surface area contributed by atoms with Crippen LogP contribution >= 0.6 is 0 Å². The van der Waals surface area contributed by atoms with Gasteiger partial charge in [-0.05, 0) is 11.6 Å². The number of nitrogens with one attached hydrogen (secondary N) is 1. The number of Topliss-reactive ketones (excluding diaryl/α,β-unsaturated/α-hetero) is 1. The number of primary amides is 1. The second-order valence-electron chi connectivity index (χ2n) is 10.7. The average Bonchev–Trinajstić information content (AvgIpc) is 3.49. The number of hydrogen-bond acceptors (Lipinski definition) is 6. The summed E-state index contributed by atoms with van der Waals surface area (Å²) in [6.45, 7) is 7.81. The summed E-state index contributed by atoms with van der Waals surface area (Å²) in [6.07, 6.45) is 3.47. The number of amides is 2. The van der Waals surface area contributed by atoms with Crippen LogP contribution in [-0.2, 0) is 34.5 Å². The van der Waals surface area contributed by atoms with E-state index >= 15 is 0 Å². The molecule has 0 bridgehead atoms. The predicted molar refractivity (Wildman–Crippen MR) is 152 cm³/mol. The fourth-order valence-corrected chi connectivity index (χ4v) is 5.04. The van der Waals surface area contributed by atoms with Crippen LogP contribution in [0.5, 0.6) is 0 Å². The zero-order chi connectivity index (χ0) is 28.2. The van der Waals surface area contributed by atoms with Gasteiger partial charge in [-0.15, -0.1) is 0 Å². The van der Waals surface area contributed by atoms with Crippen LogP contribution in [0.4, 0.5) is 0 Å². The highest BCUT2D eigenvalue weighted by molar-refractivity contribution is 6.76. The molecule has 2 aromatic carbocycles. The number of nitrogens with two attached hydrogens (primary N) is 1. The number of aryl methyl sites for hydroxylation is 1. The van der Waals surface area contributed by atoms with Crippen molar-refractivity contribution in [2.24, 2.45) is 12.8 Å². The molecule has 204 valence electrons. The normalized spacial score (nSPS) is 12.4. The Morgan fingerprint density at radius 1 is 1.08 bits per heavy atom. The number of carbonyl (C=O) groups is 3. The molecule has 2 aromatic heterocycles. The average molecular weight is 547 g/mol. The second-order valence-corrected chi connectivity index (χ2v) is 16.4. The zero-order valence-corrected chi connectivity index (χ0v) is 23.7. The minimum atomic E-state index is -1.23. The lowest BCUT2D eigenvalue weighted by Crippen LogP contribution is -2.47. The Balaban J connectivity index is 1.64. The highest BCUT2D eigenvalue weighted by Gasteiger charge is 2.28. The van der Waals surface area contributed by atoms with Gasteiger partial charge in [-0.2, -0.15) is 10.2 Å². The lowest BCUT2D eigenvalue weighted by atomic mass is 10.0. The van der Waals surface area contributed by atoms with Gasteiger partial charge in [0.2, 0.25) is 5.78 Å². The number of fused-ring (bicyclic) bond motifs is 1. The first-order chi connectivity index (χ1) is 18.5. The van der Waals surface area contributed by atoms with E-state index in [-0.39, 0.29) is 18.7 Å². The molecule has 4 aromatic rings. The van der Waals surface area contributed by atoms with E-state index in [1.54, 1.807) is 24.1 Å². The molecule has 10 nitrogen and oxygen atoms in total. The Bertz CT molecular complexity index is 1490. The Morgan fingerprint density at radius 3 is 2.51 bits per heavy atom. The summed E-state index contributed by atoms with van der Waals surface area (Å²) in [5, 5.41) is 12.7. The van der Waals surface area contributed by atoms with Crippen LogP contribution in [0.2, 0.25) is 25.7 Å². The SMILES string of the molecule is Cn1cc(C(=O)NC(Cc2ccccc2)C(=O)C(N)=O)c(-c2cccc3cnn(COCC[Si](C)(C)C)c23)n1. The molecule has 4 rings (SSSR count). The smallest absolute Gasteiger partial charge is 0.287 e. The summed E-state index contributed by atoms with van der Waals surface area (Å²) in [5.74, 6) is -2.51. The lowest BCUT2D eigenvalue weighted by Gasteiger charge is -2.17. The summed E-state index contributed by atoms with van der Waals surface area (Å²) >= 11 is 0. The molecule has 1 unspecified atom stereocenters. The van der Waals surface area contributed by atoms with Gasteiger partial charge in [0.05, 0.1) is 17.3 Å². The minimum absolute atomic E-state index is 0.126. The van der Waals surface area contributed by atoms with Crippen molar-refractivity contribution in [3.63, 3.8) is 0 Å². The molecule has 39 heavy (non-hydrogen) atoms. The molecule has 0 saturated carbocycles. The molecule has 0 spiro atoms. The maximum Gasteiger partial charge on any atom is 0.287 e. The van der Waals surface area contributed by atoms with E-state index in [1.165, 1.54) is 4.68 Å². The van der Waals surface area contributed by atoms with Crippen molar-refractivity contribution in [3.8, 4) is 11.3 Å². The van der Waals surface area contributed by atoms with Crippen LogP contribution in [0.15, 0.2) is 60.9 Å². The fraction of sp³-hybridized carbons (Fsp3) is 0.321. The van der Waals surface area contributed by atoms with E-state index in [4.69, 9.17) is 10.5 Å². The number of benzene rings is 2. The highest BCUT2D eigenvalue weighted by Crippen LogP contribution is 2.30. The minimum Gasteiger partial charge on any atom is -0.363 e. The van der Waals surface area contributed by atoms with Crippen molar-refractivity contribution in [2.75, 3.05) is 6.61 Å². The molecule has 0 aliphatic rings. The largest absolute Gasteiger partial charge is 0.363 e. The number of carbonyl (C=O) groups excluding carboxylic acids is 3. The number of hydrogen-bond donors (Lipinski definition) is 2. The molecule has 3 N–H and O–H groups in total. The van der Waals surface area contributed by atoms with Gasteiger partial charge in [-0.1, -0.05) is 68.2 Å². The van der Waals surface area contributed by atoms with Crippen LogP contribution in [-0.4, -0.2) is 57.9 Å². The maximum atomic E-state index is 13.5. The molecule has 0 aliphatic heterocycles. The van der Waals surface area contributed by atoms with E-state index in [1.807, 2.05) is 48.5 Å². The van der Waals surface area contributed by atoms with Gasteiger partial charge in [-0.3, -0.25) is 19.1 Å². The number of ether oxygens (including phenoxy) is 1. The predicted octanol–water partition coefficient (Wildman–Crippen LogP) is 3.14. The molecule has 0 saturated heterocycles. The van der Waals surface area contributed by atoms with Gasteiger partial charge in [-0.25, -0.2) is 4.68 Å². The fourth-order valence-electron chi connectivity index (χ4n) is 4.28. The summed E-state index contributed by atoms with van der Waals surface area (Å²) < 4.78 is 9.24. The van der Waals surface area contributed by atoms with E-state index in [2.05, 4.69) is 35.2 Å².